The normalized spacial score (nSPS) is 16.2. The predicted octanol–water partition coefficient (Wildman–Crippen LogP) is 7.55. The fourth-order valence-electron chi connectivity index (χ4n) is 4.91. The van der Waals surface area contributed by atoms with Gasteiger partial charge in [-0.15, -0.1) is 0 Å². The molecule has 39 heavy (non-hydrogen) atoms. The summed E-state index contributed by atoms with van der Waals surface area (Å²) in [7, 11) is -1.90. The van der Waals surface area contributed by atoms with E-state index in [9.17, 15) is 9.90 Å². The zero-order valence-corrected chi connectivity index (χ0v) is 27.8. The molecule has 1 aromatic heterocycles. The number of nitrogens with one attached hydrogen (secondary N) is 1. The first-order chi connectivity index (χ1) is 17.9. The third kappa shape index (κ3) is 6.30. The monoisotopic (exact) mass is 663 g/mol. The highest BCUT2D eigenvalue weighted by atomic mass is 127. The van der Waals surface area contributed by atoms with Crippen LogP contribution in [0.4, 0.5) is 0 Å². The maximum atomic E-state index is 13.6. The van der Waals surface area contributed by atoms with Gasteiger partial charge in [0, 0.05) is 37.8 Å². The first-order valence-corrected chi connectivity index (χ1v) is 17.6. The summed E-state index contributed by atoms with van der Waals surface area (Å²) in [6.45, 7) is 19.4. The van der Waals surface area contributed by atoms with Gasteiger partial charge in [-0.3, -0.25) is 4.79 Å². The van der Waals surface area contributed by atoms with Gasteiger partial charge in [-0.05, 0) is 96.9 Å². The molecule has 3 aromatic rings. The highest BCUT2D eigenvalue weighted by Crippen LogP contribution is 2.45. The van der Waals surface area contributed by atoms with Crippen LogP contribution in [0.3, 0.4) is 0 Å². The summed E-state index contributed by atoms with van der Waals surface area (Å²) in [4.78, 5) is 17.2. The van der Waals surface area contributed by atoms with Gasteiger partial charge in [0.25, 0.3) is 0 Å². The van der Waals surface area contributed by atoms with Gasteiger partial charge in [0.2, 0.25) is 0 Å². The van der Waals surface area contributed by atoms with Crippen LogP contribution in [-0.2, 0) is 14.6 Å². The van der Waals surface area contributed by atoms with Crippen molar-refractivity contribution in [2.75, 3.05) is 13.2 Å². The number of ketones is 1. The maximum absolute atomic E-state index is 13.6. The number of aromatic nitrogens is 1. The number of carbonyl (C=O) groups is 1. The number of ether oxygens (including phenoxy) is 2. The SMILES string of the molecule is CC(C)(O)O[C@@H](CCO[Si](C)(C)C(C)(C)C)COc1ccc2c(c1)C(C)(C)c1[nH]c3cc(I)ccc3c1C2=O. The van der Waals surface area contributed by atoms with Crippen molar-refractivity contribution in [2.45, 2.75) is 90.3 Å². The van der Waals surface area contributed by atoms with E-state index in [0.29, 0.717) is 24.3 Å². The lowest BCUT2D eigenvalue weighted by atomic mass is 9.71. The summed E-state index contributed by atoms with van der Waals surface area (Å²) in [5.74, 6) is -0.596. The molecular weight excluding hydrogens is 621 g/mol. The van der Waals surface area contributed by atoms with Crippen molar-refractivity contribution in [1.29, 1.82) is 0 Å². The average molecular weight is 664 g/mol. The summed E-state index contributed by atoms with van der Waals surface area (Å²) in [6, 6.07) is 11.8. The lowest BCUT2D eigenvalue weighted by Crippen LogP contribution is -2.42. The quantitative estimate of drug-likeness (QED) is 0.141. The van der Waals surface area contributed by atoms with Crippen molar-refractivity contribution in [3.05, 3.63) is 62.4 Å². The van der Waals surface area contributed by atoms with Gasteiger partial charge >= 0.3 is 0 Å². The molecule has 0 aliphatic heterocycles. The summed E-state index contributed by atoms with van der Waals surface area (Å²) in [5, 5.41) is 11.4. The van der Waals surface area contributed by atoms with Crippen LogP contribution in [-0.4, -0.2) is 49.3 Å². The number of H-pyrrole nitrogens is 1. The highest BCUT2D eigenvalue weighted by Gasteiger charge is 2.40. The largest absolute Gasteiger partial charge is 0.491 e. The zero-order chi connectivity index (χ0) is 29.0. The van der Waals surface area contributed by atoms with E-state index in [1.54, 1.807) is 13.8 Å². The second-order valence-corrected chi connectivity index (χ2v) is 19.2. The Balaban J connectivity index is 1.54. The standard InChI is InChI=1S/C31H42INO5Si/c1-29(2,3)39(8,9)37-15-14-21(38-31(6,7)35)18-36-20-11-13-22-24(17-20)30(4,5)28-26(27(22)34)23-12-10-19(32)16-25(23)33-28/h10-13,16-17,21,33,35H,14-15,18H2,1-9H3/t21-/m0/s1. The molecule has 212 valence electrons. The number of hydrogen-bond donors (Lipinski definition) is 2. The molecule has 2 N–H and O–H groups in total. The van der Waals surface area contributed by atoms with Crippen molar-refractivity contribution in [1.82, 2.24) is 4.98 Å². The topological polar surface area (TPSA) is 80.8 Å². The molecule has 0 saturated carbocycles. The van der Waals surface area contributed by atoms with Crippen LogP contribution in [0.15, 0.2) is 36.4 Å². The molecular formula is C31H42INO5Si. The molecule has 0 bridgehead atoms. The number of hydrogen-bond acceptors (Lipinski definition) is 5. The van der Waals surface area contributed by atoms with Gasteiger partial charge in [0.05, 0.1) is 11.7 Å². The van der Waals surface area contributed by atoms with E-state index in [1.807, 2.05) is 30.3 Å². The number of rotatable bonds is 9. The highest BCUT2D eigenvalue weighted by molar-refractivity contribution is 14.1. The molecule has 2 aromatic carbocycles. The second-order valence-electron chi connectivity index (χ2n) is 13.1. The van der Waals surface area contributed by atoms with Gasteiger partial charge in [0.1, 0.15) is 12.4 Å². The van der Waals surface area contributed by atoms with Crippen LogP contribution in [0, 0.1) is 3.57 Å². The van der Waals surface area contributed by atoms with E-state index in [4.69, 9.17) is 13.9 Å². The molecule has 1 aliphatic carbocycles. The molecule has 1 atom stereocenters. The minimum absolute atomic E-state index is 0.0318. The Labute approximate surface area is 247 Å². The van der Waals surface area contributed by atoms with Crippen LogP contribution in [0.1, 0.15) is 82.1 Å². The predicted molar refractivity (Wildman–Crippen MR) is 167 cm³/mol. The molecule has 0 amide bonds. The number of fused-ring (bicyclic) bond motifs is 4. The Hall–Kier alpha value is -1.72. The number of halogens is 1. The Kier molecular flexibility index (Phi) is 8.22. The van der Waals surface area contributed by atoms with E-state index >= 15 is 0 Å². The fourth-order valence-corrected chi connectivity index (χ4v) is 6.46. The van der Waals surface area contributed by atoms with Gasteiger partial charge in [-0.2, -0.15) is 0 Å². The van der Waals surface area contributed by atoms with E-state index in [2.05, 4.69) is 81.4 Å². The third-order valence-electron chi connectivity index (χ3n) is 8.12. The van der Waals surface area contributed by atoms with Gasteiger partial charge in [0.15, 0.2) is 19.9 Å². The van der Waals surface area contributed by atoms with Crippen molar-refractivity contribution in [3.8, 4) is 5.75 Å². The molecule has 0 radical (unpaired) electrons. The minimum Gasteiger partial charge on any atom is -0.491 e. The summed E-state index contributed by atoms with van der Waals surface area (Å²) in [6.07, 6.45) is 0.242. The van der Waals surface area contributed by atoms with Crippen LogP contribution in [0.25, 0.3) is 10.9 Å². The van der Waals surface area contributed by atoms with E-state index in [-0.39, 0.29) is 23.5 Å². The number of carbonyl (C=O) groups excluding carboxylic acids is 1. The fraction of sp³-hybridized carbons (Fsp3) is 0.516. The first-order valence-electron chi connectivity index (χ1n) is 13.6. The Morgan fingerprint density at radius 2 is 1.77 bits per heavy atom. The lowest BCUT2D eigenvalue weighted by Gasteiger charge is -2.36. The van der Waals surface area contributed by atoms with E-state index in [0.717, 1.165) is 31.3 Å². The summed E-state index contributed by atoms with van der Waals surface area (Å²) < 4.78 is 19.6. The van der Waals surface area contributed by atoms with Gasteiger partial charge in [-0.25, -0.2) is 0 Å². The molecule has 0 spiro atoms. The van der Waals surface area contributed by atoms with Gasteiger partial charge < -0.3 is 24.0 Å². The number of benzene rings is 2. The van der Waals surface area contributed by atoms with Gasteiger partial charge in [-0.1, -0.05) is 40.7 Å². The van der Waals surface area contributed by atoms with Crippen LogP contribution >= 0.6 is 22.6 Å². The molecule has 0 fully saturated rings. The maximum Gasteiger partial charge on any atom is 0.195 e. The van der Waals surface area contributed by atoms with E-state index in [1.165, 1.54) is 0 Å². The molecule has 1 aliphatic rings. The zero-order valence-electron chi connectivity index (χ0n) is 24.6. The van der Waals surface area contributed by atoms with Crippen LogP contribution in [0.5, 0.6) is 5.75 Å². The first kappa shape index (κ1) is 30.2. The van der Waals surface area contributed by atoms with E-state index < -0.39 is 19.5 Å². The molecule has 6 nitrogen and oxygen atoms in total. The molecule has 4 rings (SSSR count). The van der Waals surface area contributed by atoms with Crippen molar-refractivity contribution in [3.63, 3.8) is 0 Å². The molecule has 0 saturated heterocycles. The van der Waals surface area contributed by atoms with Crippen LogP contribution < -0.4 is 4.74 Å². The molecule has 8 heteroatoms. The Morgan fingerprint density at radius 1 is 1.08 bits per heavy atom. The Bertz CT molecular complexity index is 1380. The minimum atomic E-state index is -1.90. The van der Waals surface area contributed by atoms with Crippen LogP contribution in [0.2, 0.25) is 18.1 Å². The second kappa shape index (κ2) is 10.6. The number of aliphatic hydroxyl groups is 1. The molecule has 0 unspecified atom stereocenters. The average Bonchev–Trinajstić information content (AvgIpc) is 3.19. The number of aromatic amines is 1. The van der Waals surface area contributed by atoms with Crippen molar-refractivity contribution < 1.29 is 23.8 Å². The Morgan fingerprint density at radius 3 is 2.41 bits per heavy atom. The van der Waals surface area contributed by atoms with Crippen molar-refractivity contribution in [2.24, 2.45) is 0 Å². The summed E-state index contributed by atoms with van der Waals surface area (Å²) in [5.41, 5.74) is 3.88. The molecule has 1 heterocycles. The smallest absolute Gasteiger partial charge is 0.195 e. The lowest BCUT2D eigenvalue weighted by molar-refractivity contribution is -0.213. The van der Waals surface area contributed by atoms with Crippen molar-refractivity contribution >= 4 is 47.6 Å². The third-order valence-corrected chi connectivity index (χ3v) is 13.3. The summed E-state index contributed by atoms with van der Waals surface area (Å²) >= 11 is 2.29.